The molecule has 0 fully saturated rings. The predicted octanol–water partition coefficient (Wildman–Crippen LogP) is 5.96. The number of unbranched alkanes of at least 4 members (excludes halogenated alkanes) is 1. The molecule has 136 valence electrons. The van der Waals surface area contributed by atoms with Crippen molar-refractivity contribution < 1.29 is 9.90 Å². The van der Waals surface area contributed by atoms with E-state index in [0.717, 1.165) is 41.5 Å². The summed E-state index contributed by atoms with van der Waals surface area (Å²) in [5.41, 5.74) is 4.06. The lowest BCUT2D eigenvalue weighted by atomic mass is 9.71. The predicted molar refractivity (Wildman–Crippen MR) is 108 cm³/mol. The highest BCUT2D eigenvalue weighted by atomic mass is 16.4. The van der Waals surface area contributed by atoms with E-state index in [0.29, 0.717) is 6.42 Å². The van der Waals surface area contributed by atoms with E-state index in [9.17, 15) is 10.1 Å². The van der Waals surface area contributed by atoms with Crippen molar-refractivity contribution in [3.05, 3.63) is 83.4 Å². The molecule has 1 unspecified atom stereocenters. The zero-order valence-electron chi connectivity index (χ0n) is 15.5. The van der Waals surface area contributed by atoms with Gasteiger partial charge in [0.05, 0.1) is 17.0 Å². The summed E-state index contributed by atoms with van der Waals surface area (Å²) in [6, 6.07) is 19.6. The molecule has 0 radical (unpaired) electrons. The summed E-state index contributed by atoms with van der Waals surface area (Å²) in [5, 5.41) is 19.0. The van der Waals surface area contributed by atoms with Gasteiger partial charge in [0.25, 0.3) is 0 Å². The van der Waals surface area contributed by atoms with Crippen LogP contribution in [0.3, 0.4) is 0 Å². The topological polar surface area (TPSA) is 61.1 Å². The molecule has 0 saturated heterocycles. The van der Waals surface area contributed by atoms with Crippen molar-refractivity contribution in [2.24, 2.45) is 5.41 Å². The minimum Gasteiger partial charge on any atom is -0.478 e. The molecule has 3 nitrogen and oxygen atoms in total. The molecule has 1 atom stereocenters. The second-order valence-electron chi connectivity index (χ2n) is 7.02. The average Bonchev–Trinajstić information content (AvgIpc) is 2.73. The maximum atomic E-state index is 11.1. The van der Waals surface area contributed by atoms with E-state index in [1.165, 1.54) is 0 Å². The molecule has 1 aliphatic carbocycles. The van der Waals surface area contributed by atoms with Crippen LogP contribution in [0, 0.1) is 16.7 Å². The summed E-state index contributed by atoms with van der Waals surface area (Å²) < 4.78 is 0. The van der Waals surface area contributed by atoms with E-state index in [-0.39, 0.29) is 5.56 Å². The van der Waals surface area contributed by atoms with Gasteiger partial charge in [0, 0.05) is 0 Å². The van der Waals surface area contributed by atoms with E-state index in [4.69, 9.17) is 5.11 Å². The smallest absolute Gasteiger partial charge is 0.335 e. The molecule has 0 heterocycles. The van der Waals surface area contributed by atoms with E-state index < -0.39 is 11.4 Å². The van der Waals surface area contributed by atoms with E-state index in [2.05, 4.69) is 25.1 Å². The summed E-state index contributed by atoms with van der Waals surface area (Å²) in [4.78, 5) is 11.1. The lowest BCUT2D eigenvalue weighted by Crippen LogP contribution is -2.19. The number of nitriles is 1. The van der Waals surface area contributed by atoms with E-state index in [1.807, 2.05) is 42.5 Å². The molecule has 27 heavy (non-hydrogen) atoms. The third-order valence-corrected chi connectivity index (χ3v) is 5.15. The summed E-state index contributed by atoms with van der Waals surface area (Å²) >= 11 is 0. The highest BCUT2D eigenvalue weighted by Crippen LogP contribution is 2.44. The number of carboxylic acids is 1. The molecule has 0 bridgehead atoms. The quantitative estimate of drug-likeness (QED) is 0.694. The molecule has 2 aromatic rings. The fraction of sp³-hybridized carbons (Fsp3) is 0.250. The largest absolute Gasteiger partial charge is 0.478 e. The minimum absolute atomic E-state index is 0.273. The third-order valence-electron chi connectivity index (χ3n) is 5.15. The Morgan fingerprint density at radius 3 is 2.41 bits per heavy atom. The summed E-state index contributed by atoms with van der Waals surface area (Å²) in [5.74, 6) is -0.930. The Kier molecular flexibility index (Phi) is 5.57. The van der Waals surface area contributed by atoms with Gasteiger partial charge in [0.1, 0.15) is 0 Å². The van der Waals surface area contributed by atoms with Crippen molar-refractivity contribution in [1.82, 2.24) is 0 Å². The second-order valence-corrected chi connectivity index (χ2v) is 7.02. The number of hydrogen-bond donors (Lipinski definition) is 1. The normalized spacial score (nSPS) is 19.0. The van der Waals surface area contributed by atoms with Crippen LogP contribution in [-0.4, -0.2) is 11.1 Å². The second kappa shape index (κ2) is 8.05. The van der Waals surface area contributed by atoms with Crippen LogP contribution in [0.4, 0.5) is 0 Å². The maximum absolute atomic E-state index is 11.1. The van der Waals surface area contributed by atoms with Crippen LogP contribution in [-0.2, 0) is 0 Å². The van der Waals surface area contributed by atoms with Crippen molar-refractivity contribution in [1.29, 1.82) is 5.26 Å². The van der Waals surface area contributed by atoms with Gasteiger partial charge in [-0.3, -0.25) is 0 Å². The highest BCUT2D eigenvalue weighted by Gasteiger charge is 2.32. The average molecular weight is 357 g/mol. The van der Waals surface area contributed by atoms with Crippen molar-refractivity contribution in [2.75, 3.05) is 0 Å². The molecule has 0 spiro atoms. The first-order valence-corrected chi connectivity index (χ1v) is 9.31. The van der Waals surface area contributed by atoms with Gasteiger partial charge in [-0.05, 0) is 47.2 Å². The monoisotopic (exact) mass is 357 g/mol. The number of benzene rings is 2. The Morgan fingerprint density at radius 1 is 1.11 bits per heavy atom. The number of rotatable bonds is 6. The molecule has 1 N–H and O–H groups in total. The van der Waals surface area contributed by atoms with Gasteiger partial charge < -0.3 is 5.11 Å². The van der Waals surface area contributed by atoms with Crippen LogP contribution in [0.25, 0.3) is 11.1 Å². The lowest BCUT2D eigenvalue weighted by molar-refractivity contribution is 0.0697. The minimum atomic E-state index is -0.930. The third kappa shape index (κ3) is 4.01. The Labute approximate surface area is 160 Å². The Morgan fingerprint density at radius 2 is 1.81 bits per heavy atom. The van der Waals surface area contributed by atoms with Gasteiger partial charge >= 0.3 is 5.97 Å². The zero-order chi connectivity index (χ0) is 19.3. The van der Waals surface area contributed by atoms with Crippen LogP contribution >= 0.6 is 0 Å². The first-order chi connectivity index (χ1) is 13.1. The van der Waals surface area contributed by atoms with Gasteiger partial charge in [-0.25, -0.2) is 4.79 Å². The van der Waals surface area contributed by atoms with Crippen molar-refractivity contribution in [2.45, 2.75) is 32.6 Å². The van der Waals surface area contributed by atoms with Crippen molar-refractivity contribution >= 4 is 17.1 Å². The number of allylic oxidation sites excluding steroid dienone is 4. The van der Waals surface area contributed by atoms with Gasteiger partial charge in [-0.2, -0.15) is 5.26 Å². The SMILES string of the molecule is CCCCC1(C#N)C=CC(c2ccc(C(=O)O)cc2)=C(c2ccccc2)C1. The van der Waals surface area contributed by atoms with Gasteiger partial charge in [0.2, 0.25) is 0 Å². The maximum Gasteiger partial charge on any atom is 0.335 e. The Bertz CT molecular complexity index is 917. The van der Waals surface area contributed by atoms with Crippen molar-refractivity contribution in [3.8, 4) is 6.07 Å². The number of carboxylic acid groups (broad SMARTS) is 1. The summed E-state index contributed by atoms with van der Waals surface area (Å²) in [6.45, 7) is 2.14. The fourth-order valence-electron chi connectivity index (χ4n) is 3.57. The number of aromatic carboxylic acids is 1. The number of carbonyl (C=O) groups is 1. The van der Waals surface area contributed by atoms with Crippen molar-refractivity contribution in [3.63, 3.8) is 0 Å². The number of nitrogens with zero attached hydrogens (tertiary/aromatic N) is 1. The zero-order valence-corrected chi connectivity index (χ0v) is 15.5. The van der Waals surface area contributed by atoms with E-state index >= 15 is 0 Å². The number of hydrogen-bond acceptors (Lipinski definition) is 2. The first-order valence-electron chi connectivity index (χ1n) is 9.31. The molecule has 0 aliphatic heterocycles. The molecular weight excluding hydrogens is 334 g/mol. The molecule has 0 amide bonds. The first kappa shape index (κ1) is 18.7. The van der Waals surface area contributed by atoms with Crippen LogP contribution in [0.5, 0.6) is 0 Å². The molecule has 1 aliphatic rings. The van der Waals surface area contributed by atoms with Crippen LogP contribution < -0.4 is 0 Å². The molecule has 3 heteroatoms. The molecule has 0 saturated carbocycles. The summed E-state index contributed by atoms with van der Waals surface area (Å²) in [7, 11) is 0. The lowest BCUT2D eigenvalue weighted by Gasteiger charge is -2.30. The standard InChI is InChI=1S/C24H23NO2/c1-2-3-14-24(17-25)15-13-21(19-9-11-20(12-10-19)23(26)27)22(16-24)18-7-5-4-6-8-18/h4-13,15H,2-3,14,16H2,1H3,(H,26,27). The summed E-state index contributed by atoms with van der Waals surface area (Å²) in [6.07, 6.45) is 7.67. The van der Waals surface area contributed by atoms with Gasteiger partial charge in [-0.15, -0.1) is 0 Å². The Balaban J connectivity index is 2.07. The van der Waals surface area contributed by atoms with E-state index in [1.54, 1.807) is 12.1 Å². The molecular formula is C24H23NO2. The Hall–Kier alpha value is -3.12. The molecule has 3 rings (SSSR count). The fourth-order valence-corrected chi connectivity index (χ4v) is 3.57. The van der Waals surface area contributed by atoms with Crippen LogP contribution in [0.2, 0.25) is 0 Å². The molecule has 0 aromatic heterocycles. The molecule has 2 aromatic carbocycles. The van der Waals surface area contributed by atoms with Crippen LogP contribution in [0.15, 0.2) is 66.7 Å². The van der Waals surface area contributed by atoms with Gasteiger partial charge in [0.15, 0.2) is 0 Å². The highest BCUT2D eigenvalue weighted by molar-refractivity contribution is 5.98. The van der Waals surface area contributed by atoms with Crippen LogP contribution in [0.1, 0.15) is 54.1 Å². The van der Waals surface area contributed by atoms with Gasteiger partial charge in [-0.1, -0.05) is 74.4 Å².